The van der Waals surface area contributed by atoms with E-state index in [0.29, 0.717) is 18.2 Å². The summed E-state index contributed by atoms with van der Waals surface area (Å²) in [6, 6.07) is 10.1. The van der Waals surface area contributed by atoms with Gasteiger partial charge in [0.1, 0.15) is 0 Å². The van der Waals surface area contributed by atoms with E-state index >= 15 is 0 Å². The molecule has 0 bridgehead atoms. The van der Waals surface area contributed by atoms with Gasteiger partial charge in [-0.2, -0.15) is 11.3 Å². The number of nitrogens with two attached hydrogens (primary N) is 1. The minimum atomic E-state index is 0.177. The van der Waals surface area contributed by atoms with Crippen LogP contribution in [0, 0.1) is 0 Å². The highest BCUT2D eigenvalue weighted by Crippen LogP contribution is 2.29. The van der Waals surface area contributed by atoms with Crippen molar-refractivity contribution in [3.8, 4) is 0 Å². The number of benzene rings is 1. The molecule has 1 amide bonds. The molecule has 0 atom stereocenters. The average Bonchev–Trinajstić information content (AvgIpc) is 3.15. The van der Waals surface area contributed by atoms with Gasteiger partial charge >= 0.3 is 0 Å². The summed E-state index contributed by atoms with van der Waals surface area (Å²) in [5, 5.41) is 4.17. The van der Waals surface area contributed by atoms with Gasteiger partial charge in [-0.3, -0.25) is 4.79 Å². The third kappa shape index (κ3) is 3.02. The van der Waals surface area contributed by atoms with Crippen LogP contribution in [0.4, 0.5) is 5.69 Å². The van der Waals surface area contributed by atoms with E-state index in [1.165, 1.54) is 5.56 Å². The average molecular weight is 286 g/mol. The van der Waals surface area contributed by atoms with Gasteiger partial charge in [0.15, 0.2) is 0 Å². The molecule has 1 aliphatic carbocycles. The summed E-state index contributed by atoms with van der Waals surface area (Å²) < 4.78 is 0. The van der Waals surface area contributed by atoms with Crippen LogP contribution in [-0.2, 0) is 17.8 Å². The number of anilines is 1. The monoisotopic (exact) mass is 286 g/mol. The van der Waals surface area contributed by atoms with E-state index in [-0.39, 0.29) is 5.91 Å². The molecular weight excluding hydrogens is 268 g/mol. The Morgan fingerprint density at radius 3 is 2.75 bits per heavy atom. The predicted molar refractivity (Wildman–Crippen MR) is 82.4 cm³/mol. The lowest BCUT2D eigenvalue weighted by atomic mass is 10.1. The SMILES string of the molecule is Nc1ccccc1CC(=O)N(Cc1ccsc1)C1CC1. The molecule has 0 saturated heterocycles. The van der Waals surface area contributed by atoms with Gasteiger partial charge in [0.2, 0.25) is 5.91 Å². The van der Waals surface area contributed by atoms with E-state index in [0.717, 1.165) is 24.9 Å². The second kappa shape index (κ2) is 5.67. The molecule has 20 heavy (non-hydrogen) atoms. The third-order valence-electron chi connectivity index (χ3n) is 3.64. The smallest absolute Gasteiger partial charge is 0.227 e. The number of carbonyl (C=O) groups excluding carboxylic acids is 1. The zero-order valence-electron chi connectivity index (χ0n) is 11.3. The molecule has 1 fully saturated rings. The van der Waals surface area contributed by atoms with Gasteiger partial charge in [0, 0.05) is 18.3 Å². The highest BCUT2D eigenvalue weighted by molar-refractivity contribution is 7.07. The quantitative estimate of drug-likeness (QED) is 0.859. The van der Waals surface area contributed by atoms with Crippen LogP contribution in [0.15, 0.2) is 41.1 Å². The Morgan fingerprint density at radius 2 is 2.10 bits per heavy atom. The van der Waals surface area contributed by atoms with Crippen LogP contribution < -0.4 is 5.73 Å². The van der Waals surface area contributed by atoms with E-state index < -0.39 is 0 Å². The fraction of sp³-hybridized carbons (Fsp3) is 0.312. The maximum absolute atomic E-state index is 12.5. The fourth-order valence-electron chi connectivity index (χ4n) is 2.35. The van der Waals surface area contributed by atoms with Gasteiger partial charge in [0.05, 0.1) is 6.42 Å². The minimum Gasteiger partial charge on any atom is -0.398 e. The molecule has 1 aromatic carbocycles. The van der Waals surface area contributed by atoms with Crippen molar-refractivity contribution in [3.05, 3.63) is 52.2 Å². The molecule has 104 valence electrons. The zero-order valence-corrected chi connectivity index (χ0v) is 12.1. The van der Waals surface area contributed by atoms with Crippen LogP contribution in [0.2, 0.25) is 0 Å². The molecule has 3 nitrogen and oxygen atoms in total. The molecule has 4 heteroatoms. The second-order valence-corrected chi connectivity index (χ2v) is 6.04. The normalized spacial score (nSPS) is 14.2. The largest absolute Gasteiger partial charge is 0.398 e. The molecule has 1 aliphatic rings. The fourth-order valence-corrected chi connectivity index (χ4v) is 3.01. The molecule has 0 radical (unpaired) electrons. The molecule has 3 rings (SSSR count). The number of rotatable bonds is 5. The van der Waals surface area contributed by atoms with Crippen LogP contribution >= 0.6 is 11.3 Å². The van der Waals surface area contributed by atoms with Gasteiger partial charge in [0.25, 0.3) is 0 Å². The molecule has 2 N–H and O–H groups in total. The Balaban J connectivity index is 1.71. The first-order chi connectivity index (χ1) is 9.74. The van der Waals surface area contributed by atoms with Crippen molar-refractivity contribution in [2.24, 2.45) is 0 Å². The van der Waals surface area contributed by atoms with E-state index in [2.05, 4.69) is 16.8 Å². The highest BCUT2D eigenvalue weighted by atomic mass is 32.1. The number of amides is 1. The summed E-state index contributed by atoms with van der Waals surface area (Å²) in [5.41, 5.74) is 8.77. The topological polar surface area (TPSA) is 46.3 Å². The molecule has 0 aliphatic heterocycles. The van der Waals surface area contributed by atoms with Crippen molar-refractivity contribution in [1.29, 1.82) is 0 Å². The van der Waals surface area contributed by atoms with Crippen molar-refractivity contribution in [1.82, 2.24) is 4.90 Å². The third-order valence-corrected chi connectivity index (χ3v) is 4.37. The Bertz CT molecular complexity index is 590. The number of hydrogen-bond acceptors (Lipinski definition) is 3. The van der Waals surface area contributed by atoms with Crippen LogP contribution in [0.5, 0.6) is 0 Å². The number of hydrogen-bond donors (Lipinski definition) is 1. The summed E-state index contributed by atoms with van der Waals surface area (Å²) >= 11 is 1.67. The second-order valence-electron chi connectivity index (χ2n) is 5.26. The van der Waals surface area contributed by atoms with Gasteiger partial charge in [-0.25, -0.2) is 0 Å². The summed E-state index contributed by atoms with van der Waals surface area (Å²) in [4.78, 5) is 14.6. The number of para-hydroxylation sites is 1. The Kier molecular flexibility index (Phi) is 3.74. The molecule has 1 heterocycles. The highest BCUT2D eigenvalue weighted by Gasteiger charge is 2.32. The van der Waals surface area contributed by atoms with Gasteiger partial charge in [-0.1, -0.05) is 18.2 Å². The van der Waals surface area contributed by atoms with Crippen molar-refractivity contribution in [3.63, 3.8) is 0 Å². The lowest BCUT2D eigenvalue weighted by molar-refractivity contribution is -0.131. The van der Waals surface area contributed by atoms with Crippen molar-refractivity contribution in [2.75, 3.05) is 5.73 Å². The summed E-state index contributed by atoms with van der Waals surface area (Å²) in [7, 11) is 0. The first-order valence-corrected chi connectivity index (χ1v) is 7.82. The van der Waals surface area contributed by atoms with Crippen LogP contribution in [0.1, 0.15) is 24.0 Å². The van der Waals surface area contributed by atoms with E-state index in [1.807, 2.05) is 29.2 Å². The zero-order chi connectivity index (χ0) is 13.9. The predicted octanol–water partition coefficient (Wildman–Crippen LogP) is 3.06. The van der Waals surface area contributed by atoms with Crippen molar-refractivity contribution in [2.45, 2.75) is 31.8 Å². The van der Waals surface area contributed by atoms with Gasteiger partial charge < -0.3 is 10.6 Å². The lowest BCUT2D eigenvalue weighted by Crippen LogP contribution is -2.33. The summed E-state index contributed by atoms with van der Waals surface area (Å²) in [6.07, 6.45) is 2.65. The maximum Gasteiger partial charge on any atom is 0.227 e. The van der Waals surface area contributed by atoms with Crippen molar-refractivity contribution < 1.29 is 4.79 Å². The van der Waals surface area contributed by atoms with E-state index in [9.17, 15) is 4.79 Å². The van der Waals surface area contributed by atoms with E-state index in [1.54, 1.807) is 11.3 Å². The van der Waals surface area contributed by atoms with E-state index in [4.69, 9.17) is 5.73 Å². The number of nitrogen functional groups attached to an aromatic ring is 1. The minimum absolute atomic E-state index is 0.177. The number of thiophene rings is 1. The summed E-state index contributed by atoms with van der Waals surface area (Å²) in [5.74, 6) is 0.177. The number of carbonyl (C=O) groups is 1. The summed E-state index contributed by atoms with van der Waals surface area (Å²) in [6.45, 7) is 0.722. The Labute approximate surface area is 123 Å². The molecular formula is C16H18N2OS. The van der Waals surface area contributed by atoms with Gasteiger partial charge in [-0.15, -0.1) is 0 Å². The van der Waals surface area contributed by atoms with Crippen LogP contribution in [0.25, 0.3) is 0 Å². The van der Waals surface area contributed by atoms with Crippen LogP contribution in [-0.4, -0.2) is 16.8 Å². The molecule has 0 unspecified atom stereocenters. The Hall–Kier alpha value is -1.81. The van der Waals surface area contributed by atoms with Crippen LogP contribution in [0.3, 0.4) is 0 Å². The first-order valence-electron chi connectivity index (χ1n) is 6.88. The maximum atomic E-state index is 12.5. The Morgan fingerprint density at radius 1 is 1.30 bits per heavy atom. The standard InChI is InChI=1S/C16H18N2OS/c17-15-4-2-1-3-13(15)9-16(19)18(14-5-6-14)10-12-7-8-20-11-12/h1-4,7-8,11,14H,5-6,9-10,17H2. The molecule has 1 saturated carbocycles. The lowest BCUT2D eigenvalue weighted by Gasteiger charge is -2.22. The van der Waals surface area contributed by atoms with Gasteiger partial charge in [-0.05, 0) is 46.9 Å². The first kappa shape index (κ1) is 13.2. The molecule has 2 aromatic rings. The molecule has 0 spiro atoms. The van der Waals surface area contributed by atoms with Crippen molar-refractivity contribution >= 4 is 22.9 Å². The number of nitrogens with zero attached hydrogens (tertiary/aromatic N) is 1. The molecule has 1 aromatic heterocycles.